The van der Waals surface area contributed by atoms with Gasteiger partial charge in [0.1, 0.15) is 0 Å². The molecule has 1 nitrogen and oxygen atoms in total. The van der Waals surface area contributed by atoms with Crippen molar-refractivity contribution in [3.05, 3.63) is 0 Å². The van der Waals surface area contributed by atoms with Gasteiger partial charge in [-0.1, -0.05) is 6.92 Å². The first-order chi connectivity index (χ1) is 5.72. The maximum atomic E-state index is 12.2. The van der Waals surface area contributed by atoms with Crippen LogP contribution < -0.4 is 5.32 Å². The van der Waals surface area contributed by atoms with Crippen LogP contribution in [0, 0.1) is 11.8 Å². The molecule has 0 aliphatic rings. The summed E-state index contributed by atoms with van der Waals surface area (Å²) in [6.07, 6.45) is -1.33. The number of hydrogen-bond acceptors (Lipinski definition) is 1. The van der Waals surface area contributed by atoms with Crippen molar-refractivity contribution in [3.8, 4) is 11.8 Å². The molecule has 1 N–H and O–H groups in total. The standard InChI is InChI=1S/C9H15F2N/c1-3-5-6-7-8(9(10)11)12-4-2/h8-9,12H,4,6-7H2,1-2H3. The summed E-state index contributed by atoms with van der Waals surface area (Å²) in [6.45, 7) is 4.11. The summed E-state index contributed by atoms with van der Waals surface area (Å²) >= 11 is 0. The van der Waals surface area contributed by atoms with Crippen LogP contribution in [-0.4, -0.2) is 19.0 Å². The molecule has 0 rings (SSSR count). The Balaban J connectivity index is 3.68. The van der Waals surface area contributed by atoms with Crippen molar-refractivity contribution >= 4 is 0 Å². The Morgan fingerprint density at radius 2 is 2.08 bits per heavy atom. The van der Waals surface area contributed by atoms with E-state index in [-0.39, 0.29) is 0 Å². The van der Waals surface area contributed by atoms with Crippen LogP contribution in [0.5, 0.6) is 0 Å². The lowest BCUT2D eigenvalue weighted by molar-refractivity contribution is 0.0957. The molecule has 0 aromatic carbocycles. The molecule has 0 aromatic rings. The van der Waals surface area contributed by atoms with E-state index in [1.165, 1.54) is 0 Å². The molecule has 0 radical (unpaired) electrons. The molecule has 12 heavy (non-hydrogen) atoms. The average molecular weight is 175 g/mol. The number of hydrogen-bond donors (Lipinski definition) is 1. The lowest BCUT2D eigenvalue weighted by Gasteiger charge is -2.14. The van der Waals surface area contributed by atoms with Gasteiger partial charge < -0.3 is 5.32 Å². The highest BCUT2D eigenvalue weighted by atomic mass is 19.3. The molecular weight excluding hydrogens is 160 g/mol. The fourth-order valence-corrected chi connectivity index (χ4v) is 0.932. The average Bonchev–Trinajstić information content (AvgIpc) is 2.03. The van der Waals surface area contributed by atoms with Gasteiger partial charge in [0, 0.05) is 6.42 Å². The van der Waals surface area contributed by atoms with Crippen molar-refractivity contribution < 1.29 is 8.78 Å². The third kappa shape index (κ3) is 5.09. The highest BCUT2D eigenvalue weighted by Gasteiger charge is 2.17. The second-order valence-corrected chi connectivity index (χ2v) is 2.46. The maximum Gasteiger partial charge on any atom is 0.253 e. The Labute approximate surface area is 72.5 Å². The Hall–Kier alpha value is -0.620. The fraction of sp³-hybridized carbons (Fsp3) is 0.778. The molecular formula is C9H15F2N. The van der Waals surface area contributed by atoms with Gasteiger partial charge in [0.15, 0.2) is 0 Å². The molecule has 1 unspecified atom stereocenters. The minimum absolute atomic E-state index is 0.423. The maximum absolute atomic E-state index is 12.2. The van der Waals surface area contributed by atoms with Gasteiger partial charge in [-0.3, -0.25) is 0 Å². The lowest BCUT2D eigenvalue weighted by Crippen LogP contribution is -2.35. The van der Waals surface area contributed by atoms with Gasteiger partial charge in [-0.15, -0.1) is 11.8 Å². The Morgan fingerprint density at radius 1 is 1.42 bits per heavy atom. The summed E-state index contributed by atoms with van der Waals surface area (Å²) < 4.78 is 24.4. The normalized spacial score (nSPS) is 12.4. The minimum atomic E-state index is -2.29. The van der Waals surface area contributed by atoms with Crippen LogP contribution >= 0.6 is 0 Å². The van der Waals surface area contributed by atoms with Gasteiger partial charge in [-0.2, -0.15) is 0 Å². The van der Waals surface area contributed by atoms with Crippen LogP contribution in [0.15, 0.2) is 0 Å². The smallest absolute Gasteiger partial charge is 0.253 e. The van der Waals surface area contributed by atoms with E-state index in [9.17, 15) is 8.78 Å². The molecule has 0 saturated carbocycles. The lowest BCUT2D eigenvalue weighted by atomic mass is 10.1. The number of nitrogens with one attached hydrogen (secondary N) is 1. The zero-order valence-electron chi connectivity index (χ0n) is 7.53. The Bertz CT molecular complexity index is 158. The summed E-state index contributed by atoms with van der Waals surface area (Å²) in [7, 11) is 0. The van der Waals surface area contributed by atoms with E-state index in [1.54, 1.807) is 6.92 Å². The molecule has 1 atom stereocenters. The van der Waals surface area contributed by atoms with Crippen molar-refractivity contribution in [1.82, 2.24) is 5.32 Å². The second-order valence-electron chi connectivity index (χ2n) is 2.46. The van der Waals surface area contributed by atoms with E-state index >= 15 is 0 Å². The third-order valence-corrected chi connectivity index (χ3v) is 1.53. The fourth-order valence-electron chi connectivity index (χ4n) is 0.932. The molecule has 0 aliphatic heterocycles. The van der Waals surface area contributed by atoms with Crippen molar-refractivity contribution in [2.24, 2.45) is 0 Å². The van der Waals surface area contributed by atoms with E-state index in [2.05, 4.69) is 17.2 Å². The minimum Gasteiger partial charge on any atom is -0.309 e. The first-order valence-electron chi connectivity index (χ1n) is 4.13. The van der Waals surface area contributed by atoms with Gasteiger partial charge in [0.25, 0.3) is 6.43 Å². The van der Waals surface area contributed by atoms with E-state index in [1.807, 2.05) is 6.92 Å². The number of alkyl halides is 2. The summed E-state index contributed by atoms with van der Waals surface area (Å²) in [5, 5.41) is 2.72. The molecule has 0 bridgehead atoms. The van der Waals surface area contributed by atoms with Crippen LogP contribution in [0.25, 0.3) is 0 Å². The predicted molar refractivity (Wildman–Crippen MR) is 46.2 cm³/mol. The van der Waals surface area contributed by atoms with Gasteiger partial charge in [0.2, 0.25) is 0 Å². The quantitative estimate of drug-likeness (QED) is 0.630. The highest BCUT2D eigenvalue weighted by molar-refractivity contribution is 4.95. The van der Waals surface area contributed by atoms with E-state index in [4.69, 9.17) is 0 Å². The van der Waals surface area contributed by atoms with Crippen molar-refractivity contribution in [2.45, 2.75) is 39.2 Å². The van der Waals surface area contributed by atoms with E-state index in [0.717, 1.165) is 0 Å². The van der Waals surface area contributed by atoms with Gasteiger partial charge in [-0.25, -0.2) is 8.78 Å². The Kier molecular flexibility index (Phi) is 6.69. The molecule has 0 aliphatic carbocycles. The van der Waals surface area contributed by atoms with Gasteiger partial charge in [0.05, 0.1) is 6.04 Å². The first kappa shape index (κ1) is 11.4. The summed E-state index contributed by atoms with van der Waals surface area (Å²) in [6, 6.07) is -0.698. The van der Waals surface area contributed by atoms with Crippen LogP contribution in [0.2, 0.25) is 0 Å². The highest BCUT2D eigenvalue weighted by Crippen LogP contribution is 2.06. The predicted octanol–water partition coefficient (Wildman–Crippen LogP) is 2.03. The van der Waals surface area contributed by atoms with Crippen molar-refractivity contribution in [2.75, 3.05) is 6.54 Å². The van der Waals surface area contributed by atoms with E-state index < -0.39 is 12.5 Å². The van der Waals surface area contributed by atoms with Gasteiger partial charge >= 0.3 is 0 Å². The zero-order valence-corrected chi connectivity index (χ0v) is 7.53. The number of halogens is 2. The van der Waals surface area contributed by atoms with E-state index in [0.29, 0.717) is 19.4 Å². The SMILES string of the molecule is CC#CCCC(NCC)C(F)F. The molecule has 3 heteroatoms. The molecule has 0 spiro atoms. The zero-order chi connectivity index (χ0) is 9.40. The first-order valence-corrected chi connectivity index (χ1v) is 4.13. The second kappa shape index (κ2) is 7.05. The molecule has 0 fully saturated rings. The third-order valence-electron chi connectivity index (χ3n) is 1.53. The molecule has 0 amide bonds. The van der Waals surface area contributed by atoms with Gasteiger partial charge in [-0.05, 0) is 19.9 Å². The molecule has 0 saturated heterocycles. The molecule has 0 aromatic heterocycles. The van der Waals surface area contributed by atoms with Crippen LogP contribution in [-0.2, 0) is 0 Å². The van der Waals surface area contributed by atoms with Crippen LogP contribution in [0.3, 0.4) is 0 Å². The van der Waals surface area contributed by atoms with Crippen molar-refractivity contribution in [3.63, 3.8) is 0 Å². The van der Waals surface area contributed by atoms with Crippen LogP contribution in [0.4, 0.5) is 8.78 Å². The monoisotopic (exact) mass is 175 g/mol. The largest absolute Gasteiger partial charge is 0.309 e. The summed E-state index contributed by atoms with van der Waals surface area (Å²) in [5.41, 5.74) is 0. The van der Waals surface area contributed by atoms with Crippen LogP contribution in [0.1, 0.15) is 26.7 Å². The summed E-state index contributed by atoms with van der Waals surface area (Å²) in [4.78, 5) is 0. The van der Waals surface area contributed by atoms with Crippen molar-refractivity contribution in [1.29, 1.82) is 0 Å². The summed E-state index contributed by atoms with van der Waals surface area (Å²) in [5.74, 6) is 5.45. The molecule has 0 heterocycles. The topological polar surface area (TPSA) is 12.0 Å². The number of rotatable bonds is 5. The Morgan fingerprint density at radius 3 is 2.50 bits per heavy atom. The molecule has 70 valence electrons.